The second kappa shape index (κ2) is 4.40. The molecule has 1 aromatic heterocycles. The number of nitrogen functional groups attached to an aromatic ring is 1. The highest BCUT2D eigenvalue weighted by atomic mass is 35.5. The maximum atomic E-state index is 12.0. The van der Waals surface area contributed by atoms with Crippen molar-refractivity contribution in [2.75, 3.05) is 5.73 Å². The number of hydrogen-bond acceptors (Lipinski definition) is 4. The minimum Gasteiger partial charge on any atom is -0.382 e. The van der Waals surface area contributed by atoms with Crippen LogP contribution in [0.1, 0.15) is 29.6 Å². The van der Waals surface area contributed by atoms with Crippen molar-refractivity contribution in [3.8, 4) is 0 Å². The number of anilines is 1. The van der Waals surface area contributed by atoms with E-state index in [2.05, 4.69) is 10.3 Å². The fourth-order valence-corrected chi connectivity index (χ4v) is 2.78. The van der Waals surface area contributed by atoms with Gasteiger partial charge in [0.05, 0.1) is 28.8 Å². The van der Waals surface area contributed by atoms with E-state index >= 15 is 0 Å². The topological polar surface area (TPSA) is 77.2 Å². The minimum absolute atomic E-state index is 0.104. The number of pyridine rings is 1. The Morgan fingerprint density at radius 1 is 1.56 bits per heavy atom. The predicted octanol–water partition coefficient (Wildman–Crippen LogP) is 1.37. The molecule has 0 spiro atoms. The fourth-order valence-electron chi connectivity index (χ4n) is 2.61. The lowest BCUT2D eigenvalue weighted by Gasteiger charge is -2.20. The van der Waals surface area contributed by atoms with E-state index in [-0.39, 0.29) is 23.9 Å². The van der Waals surface area contributed by atoms with E-state index in [0.29, 0.717) is 16.7 Å². The van der Waals surface area contributed by atoms with Crippen molar-refractivity contribution in [1.29, 1.82) is 0 Å². The number of rotatable bonds is 2. The Morgan fingerprint density at radius 2 is 2.39 bits per heavy atom. The molecule has 1 aromatic rings. The van der Waals surface area contributed by atoms with Crippen LogP contribution in [0.5, 0.6) is 0 Å². The van der Waals surface area contributed by atoms with Crippen molar-refractivity contribution in [3.63, 3.8) is 0 Å². The number of ether oxygens (including phenoxy) is 1. The smallest absolute Gasteiger partial charge is 0.253 e. The van der Waals surface area contributed by atoms with Gasteiger partial charge in [-0.2, -0.15) is 0 Å². The van der Waals surface area contributed by atoms with Gasteiger partial charge in [0.2, 0.25) is 0 Å². The number of nitrogens with one attached hydrogen (secondary N) is 1. The minimum atomic E-state index is -0.175. The molecular weight excluding hydrogens is 254 g/mol. The number of carbonyl (C=O) groups is 1. The molecular formula is C12H14ClN3O2. The molecule has 2 aliphatic rings. The zero-order valence-electron chi connectivity index (χ0n) is 9.73. The summed E-state index contributed by atoms with van der Waals surface area (Å²) in [4.78, 5) is 15.9. The van der Waals surface area contributed by atoms with Crippen LogP contribution < -0.4 is 11.1 Å². The Kier molecular flexibility index (Phi) is 2.87. The standard InChI is InChI=1S/C12H14ClN3O2/c13-8-3-6(5-15-11(8)14)12(17)16-9-4-7-1-2-10(9)18-7/h3,5,7,9-10H,1-2,4H2,(H2,14,15)(H,16,17). The molecule has 96 valence electrons. The van der Waals surface area contributed by atoms with Crippen molar-refractivity contribution in [3.05, 3.63) is 22.8 Å². The first-order chi connectivity index (χ1) is 8.63. The third kappa shape index (κ3) is 2.04. The molecule has 2 fully saturated rings. The van der Waals surface area contributed by atoms with Gasteiger partial charge in [0.1, 0.15) is 5.82 Å². The quantitative estimate of drug-likeness (QED) is 0.848. The lowest BCUT2D eigenvalue weighted by atomic mass is 9.95. The van der Waals surface area contributed by atoms with Crippen LogP contribution in [-0.4, -0.2) is 29.1 Å². The number of nitrogens with two attached hydrogens (primary N) is 1. The Labute approximate surface area is 110 Å². The Balaban J connectivity index is 1.69. The number of amides is 1. The van der Waals surface area contributed by atoms with E-state index < -0.39 is 0 Å². The number of hydrogen-bond donors (Lipinski definition) is 2. The van der Waals surface area contributed by atoms with Gasteiger partial charge in [-0.3, -0.25) is 4.79 Å². The first-order valence-corrected chi connectivity index (χ1v) is 6.38. The summed E-state index contributed by atoms with van der Waals surface area (Å²) in [6.45, 7) is 0. The van der Waals surface area contributed by atoms with Gasteiger partial charge in [-0.1, -0.05) is 11.6 Å². The van der Waals surface area contributed by atoms with E-state index in [1.165, 1.54) is 12.3 Å². The molecule has 0 aliphatic carbocycles. The summed E-state index contributed by atoms with van der Waals surface area (Å²) in [5.41, 5.74) is 5.93. The maximum absolute atomic E-state index is 12.0. The molecule has 0 radical (unpaired) electrons. The number of carbonyl (C=O) groups excluding carboxylic acids is 1. The van der Waals surface area contributed by atoms with E-state index in [1.807, 2.05) is 0 Å². The van der Waals surface area contributed by atoms with Crippen LogP contribution in [-0.2, 0) is 4.74 Å². The molecule has 0 aromatic carbocycles. The van der Waals surface area contributed by atoms with Gasteiger partial charge in [0, 0.05) is 6.20 Å². The predicted molar refractivity (Wildman–Crippen MR) is 67.4 cm³/mol. The largest absolute Gasteiger partial charge is 0.382 e. The third-order valence-electron chi connectivity index (χ3n) is 3.55. The summed E-state index contributed by atoms with van der Waals surface area (Å²) in [6, 6.07) is 1.64. The molecule has 5 nitrogen and oxygen atoms in total. The lowest BCUT2D eigenvalue weighted by molar-refractivity contribution is 0.0840. The van der Waals surface area contributed by atoms with Crippen LogP contribution in [0, 0.1) is 0 Å². The zero-order chi connectivity index (χ0) is 12.7. The van der Waals surface area contributed by atoms with Crippen molar-refractivity contribution in [2.24, 2.45) is 0 Å². The normalized spacial score (nSPS) is 29.5. The van der Waals surface area contributed by atoms with Crippen LogP contribution >= 0.6 is 11.6 Å². The first-order valence-electron chi connectivity index (χ1n) is 6.01. The maximum Gasteiger partial charge on any atom is 0.253 e. The van der Waals surface area contributed by atoms with E-state index in [1.54, 1.807) is 0 Å². The van der Waals surface area contributed by atoms with Gasteiger partial charge in [0.25, 0.3) is 5.91 Å². The molecule has 3 atom stereocenters. The molecule has 2 aliphatic heterocycles. The zero-order valence-corrected chi connectivity index (χ0v) is 10.5. The monoisotopic (exact) mass is 267 g/mol. The van der Waals surface area contributed by atoms with Gasteiger partial charge in [-0.25, -0.2) is 4.98 Å². The summed E-state index contributed by atoms with van der Waals surface area (Å²) >= 11 is 5.85. The fraction of sp³-hybridized carbons (Fsp3) is 0.500. The second-order valence-electron chi connectivity index (χ2n) is 4.78. The van der Waals surface area contributed by atoms with Gasteiger partial charge < -0.3 is 15.8 Å². The van der Waals surface area contributed by atoms with Crippen LogP contribution in [0.3, 0.4) is 0 Å². The summed E-state index contributed by atoms with van der Waals surface area (Å²) in [6.07, 6.45) is 4.93. The van der Waals surface area contributed by atoms with Crippen LogP contribution in [0.25, 0.3) is 0 Å². The number of fused-ring (bicyclic) bond motifs is 2. The number of nitrogens with zero attached hydrogens (tertiary/aromatic N) is 1. The van der Waals surface area contributed by atoms with Crippen molar-refractivity contribution >= 4 is 23.3 Å². The van der Waals surface area contributed by atoms with E-state index in [9.17, 15) is 4.79 Å². The average Bonchev–Trinajstić information content (AvgIpc) is 2.94. The van der Waals surface area contributed by atoms with Gasteiger partial charge in [-0.15, -0.1) is 0 Å². The lowest BCUT2D eigenvalue weighted by Crippen LogP contribution is -2.41. The van der Waals surface area contributed by atoms with Crippen molar-refractivity contribution < 1.29 is 9.53 Å². The molecule has 6 heteroatoms. The average molecular weight is 268 g/mol. The van der Waals surface area contributed by atoms with Crippen molar-refractivity contribution in [1.82, 2.24) is 10.3 Å². The molecule has 2 bridgehead atoms. The summed E-state index contributed by atoms with van der Waals surface area (Å²) in [7, 11) is 0. The third-order valence-corrected chi connectivity index (χ3v) is 3.86. The van der Waals surface area contributed by atoms with Crippen LogP contribution in [0.2, 0.25) is 5.02 Å². The molecule has 3 heterocycles. The summed E-state index contributed by atoms with van der Waals surface area (Å²) in [5, 5.41) is 3.27. The Morgan fingerprint density at radius 3 is 3.00 bits per heavy atom. The van der Waals surface area contributed by atoms with E-state index in [4.69, 9.17) is 22.1 Å². The Hall–Kier alpha value is -1.33. The highest BCUT2D eigenvalue weighted by Crippen LogP contribution is 2.34. The molecule has 3 rings (SSSR count). The SMILES string of the molecule is Nc1ncc(C(=O)NC2CC3CCC2O3)cc1Cl. The van der Waals surface area contributed by atoms with Crippen LogP contribution in [0.15, 0.2) is 12.3 Å². The number of halogens is 1. The van der Waals surface area contributed by atoms with Crippen molar-refractivity contribution in [2.45, 2.75) is 37.5 Å². The van der Waals surface area contributed by atoms with Gasteiger partial charge in [0.15, 0.2) is 0 Å². The molecule has 1 amide bonds. The van der Waals surface area contributed by atoms with Crippen LogP contribution in [0.4, 0.5) is 5.82 Å². The highest BCUT2D eigenvalue weighted by Gasteiger charge is 2.41. The summed E-state index contributed by atoms with van der Waals surface area (Å²) < 4.78 is 5.69. The molecule has 0 saturated carbocycles. The highest BCUT2D eigenvalue weighted by molar-refractivity contribution is 6.33. The van der Waals surface area contributed by atoms with E-state index in [0.717, 1.165) is 19.3 Å². The van der Waals surface area contributed by atoms with Gasteiger partial charge in [-0.05, 0) is 25.3 Å². The molecule has 3 unspecified atom stereocenters. The second-order valence-corrected chi connectivity index (χ2v) is 5.19. The Bertz CT molecular complexity index is 494. The molecule has 18 heavy (non-hydrogen) atoms. The first kappa shape index (κ1) is 11.7. The summed E-state index contributed by atoms with van der Waals surface area (Å²) in [5.74, 6) is 0.0574. The molecule has 3 N–H and O–H groups in total. The molecule has 2 saturated heterocycles. The number of aromatic nitrogens is 1. The van der Waals surface area contributed by atoms with Gasteiger partial charge >= 0.3 is 0 Å².